The molecule has 9 heteroatoms. The average molecular weight is 520 g/mol. The molecule has 37 heavy (non-hydrogen) atoms. The van der Waals surface area contributed by atoms with Crippen molar-refractivity contribution >= 4 is 40.2 Å². The number of anilines is 1. The Bertz CT molecular complexity index is 1350. The molecule has 1 atom stereocenters. The fraction of sp³-hybridized carbons (Fsp3) is 0.286. The number of esters is 1. The maximum atomic E-state index is 13.4. The molecule has 4 rings (SSSR count). The van der Waals surface area contributed by atoms with Gasteiger partial charge in [0.15, 0.2) is 0 Å². The van der Waals surface area contributed by atoms with Gasteiger partial charge in [0.1, 0.15) is 22.6 Å². The van der Waals surface area contributed by atoms with Crippen LogP contribution < -0.4 is 10.6 Å². The topological polar surface area (TPSA) is 105 Å². The molecule has 1 aliphatic heterocycles. The molecule has 0 saturated carbocycles. The van der Waals surface area contributed by atoms with Crippen LogP contribution in [-0.4, -0.2) is 41.9 Å². The Labute approximate surface area is 219 Å². The quantitative estimate of drug-likeness (QED) is 0.322. The van der Waals surface area contributed by atoms with Crippen LogP contribution in [0.2, 0.25) is 0 Å². The van der Waals surface area contributed by atoms with E-state index < -0.39 is 35.9 Å². The zero-order valence-electron chi connectivity index (χ0n) is 21.2. The Hall–Kier alpha value is -3.98. The molecule has 0 spiro atoms. The van der Waals surface area contributed by atoms with E-state index in [4.69, 9.17) is 4.74 Å². The van der Waals surface area contributed by atoms with E-state index in [9.17, 15) is 19.2 Å². The molecule has 3 aromatic rings. The number of rotatable bonds is 8. The lowest BCUT2D eigenvalue weighted by Crippen LogP contribution is -2.44. The first-order valence-electron chi connectivity index (χ1n) is 12.1. The number of nitrogens with one attached hydrogen (secondary N) is 2. The van der Waals surface area contributed by atoms with Crippen LogP contribution in [0.5, 0.6) is 0 Å². The van der Waals surface area contributed by atoms with Gasteiger partial charge in [-0.2, -0.15) is 0 Å². The molecule has 8 nitrogen and oxygen atoms in total. The molecule has 1 aliphatic rings. The summed E-state index contributed by atoms with van der Waals surface area (Å²) in [5.74, 6) is -1.64. The van der Waals surface area contributed by atoms with Crippen LogP contribution in [0.1, 0.15) is 46.6 Å². The number of carbonyl (C=O) groups excluding carboxylic acids is 4. The second-order valence-corrected chi connectivity index (χ2v) is 10.0. The SMILES string of the molecule is CCOC(=O)c1c(NC(=O)CN2C(=O)N[C@](CC)(c3ccccc3)C2=O)sc(C)c1-c1ccc(C)cc1. The number of nitrogens with zero attached hydrogens (tertiary/aromatic N) is 1. The highest BCUT2D eigenvalue weighted by Gasteiger charge is 2.51. The van der Waals surface area contributed by atoms with Crippen molar-refractivity contribution in [2.45, 2.75) is 39.7 Å². The molecule has 192 valence electrons. The Morgan fingerprint density at radius 3 is 2.32 bits per heavy atom. The van der Waals surface area contributed by atoms with Crippen molar-refractivity contribution in [3.8, 4) is 11.1 Å². The Kier molecular flexibility index (Phi) is 7.45. The minimum Gasteiger partial charge on any atom is -0.462 e. The summed E-state index contributed by atoms with van der Waals surface area (Å²) in [5, 5.41) is 5.84. The molecular formula is C28H29N3O5S. The number of hydrogen-bond donors (Lipinski definition) is 2. The van der Waals surface area contributed by atoms with Crippen molar-refractivity contribution < 1.29 is 23.9 Å². The highest BCUT2D eigenvalue weighted by molar-refractivity contribution is 7.17. The van der Waals surface area contributed by atoms with E-state index in [-0.39, 0.29) is 12.2 Å². The molecule has 1 fully saturated rings. The summed E-state index contributed by atoms with van der Waals surface area (Å²) in [7, 11) is 0. The Balaban J connectivity index is 1.61. The lowest BCUT2D eigenvalue weighted by Gasteiger charge is -2.25. The van der Waals surface area contributed by atoms with Crippen LogP contribution in [0.15, 0.2) is 54.6 Å². The van der Waals surface area contributed by atoms with Crippen LogP contribution in [0.4, 0.5) is 9.80 Å². The average Bonchev–Trinajstić information content (AvgIpc) is 3.33. The molecule has 2 heterocycles. The number of thiophene rings is 1. The number of urea groups is 1. The molecule has 0 unspecified atom stereocenters. The lowest BCUT2D eigenvalue weighted by molar-refractivity contribution is -0.134. The highest BCUT2D eigenvalue weighted by atomic mass is 32.1. The van der Waals surface area contributed by atoms with E-state index in [1.54, 1.807) is 38.1 Å². The molecule has 0 aliphatic carbocycles. The fourth-order valence-corrected chi connectivity index (χ4v) is 5.62. The van der Waals surface area contributed by atoms with Crippen molar-refractivity contribution in [2.75, 3.05) is 18.5 Å². The van der Waals surface area contributed by atoms with Gasteiger partial charge < -0.3 is 15.4 Å². The van der Waals surface area contributed by atoms with Crippen molar-refractivity contribution in [1.82, 2.24) is 10.2 Å². The predicted molar refractivity (Wildman–Crippen MR) is 142 cm³/mol. The number of imide groups is 1. The number of amides is 4. The Morgan fingerprint density at radius 2 is 1.70 bits per heavy atom. The van der Waals surface area contributed by atoms with Crippen LogP contribution >= 0.6 is 11.3 Å². The van der Waals surface area contributed by atoms with Crippen molar-refractivity contribution in [3.63, 3.8) is 0 Å². The van der Waals surface area contributed by atoms with Crippen molar-refractivity contribution in [3.05, 3.63) is 76.2 Å². The largest absolute Gasteiger partial charge is 0.462 e. The van der Waals surface area contributed by atoms with Gasteiger partial charge in [-0.15, -0.1) is 11.3 Å². The van der Waals surface area contributed by atoms with Gasteiger partial charge in [-0.3, -0.25) is 14.5 Å². The molecule has 2 N–H and O–H groups in total. The van der Waals surface area contributed by atoms with Crippen molar-refractivity contribution in [2.24, 2.45) is 0 Å². The first-order valence-corrected chi connectivity index (χ1v) is 12.9. The number of aryl methyl sites for hydroxylation is 2. The smallest absolute Gasteiger partial charge is 0.341 e. The van der Waals surface area contributed by atoms with E-state index >= 15 is 0 Å². The zero-order valence-corrected chi connectivity index (χ0v) is 22.0. The second-order valence-electron chi connectivity index (χ2n) is 8.82. The second kappa shape index (κ2) is 10.6. The van der Waals surface area contributed by atoms with Crippen LogP contribution in [0.3, 0.4) is 0 Å². The van der Waals surface area contributed by atoms with Gasteiger partial charge in [0.25, 0.3) is 5.91 Å². The third kappa shape index (κ3) is 4.86. The van der Waals surface area contributed by atoms with Gasteiger partial charge in [0, 0.05) is 10.4 Å². The monoisotopic (exact) mass is 519 g/mol. The molecule has 0 radical (unpaired) electrons. The number of hydrogen-bond acceptors (Lipinski definition) is 6. The molecule has 1 saturated heterocycles. The molecule has 2 aromatic carbocycles. The molecule has 0 bridgehead atoms. The summed E-state index contributed by atoms with van der Waals surface area (Å²) in [6.07, 6.45) is 0.330. The number of benzene rings is 2. The lowest BCUT2D eigenvalue weighted by atomic mass is 9.87. The summed E-state index contributed by atoms with van der Waals surface area (Å²) >= 11 is 1.25. The van der Waals surface area contributed by atoms with E-state index in [1.807, 2.05) is 44.2 Å². The first-order chi connectivity index (χ1) is 17.7. The van der Waals surface area contributed by atoms with Gasteiger partial charge in [0.05, 0.1) is 6.61 Å². The minimum atomic E-state index is -1.23. The highest BCUT2D eigenvalue weighted by Crippen LogP contribution is 2.40. The van der Waals surface area contributed by atoms with E-state index in [0.29, 0.717) is 22.5 Å². The number of ether oxygens (including phenoxy) is 1. The van der Waals surface area contributed by atoms with E-state index in [1.165, 1.54) is 11.3 Å². The van der Waals surface area contributed by atoms with Gasteiger partial charge >= 0.3 is 12.0 Å². The summed E-state index contributed by atoms with van der Waals surface area (Å²) in [6, 6.07) is 16.1. The predicted octanol–water partition coefficient (Wildman–Crippen LogP) is 5.00. The van der Waals surface area contributed by atoms with Gasteiger partial charge in [0.2, 0.25) is 5.91 Å². The maximum Gasteiger partial charge on any atom is 0.341 e. The van der Waals surface area contributed by atoms with E-state index in [0.717, 1.165) is 20.9 Å². The molecule has 1 aromatic heterocycles. The minimum absolute atomic E-state index is 0.176. The standard InChI is InChI=1S/C28H29N3O5S/c1-5-28(20-10-8-7-9-11-20)26(34)31(27(35)30-28)16-21(32)29-24-23(25(33)36-6-2)22(18(4)37-24)19-14-12-17(3)13-15-19/h7-15H,5-6,16H2,1-4H3,(H,29,32)(H,30,35)/t28-/m1/s1. The van der Waals surface area contributed by atoms with Crippen LogP contribution in [-0.2, 0) is 19.9 Å². The maximum absolute atomic E-state index is 13.4. The zero-order chi connectivity index (χ0) is 26.7. The summed E-state index contributed by atoms with van der Waals surface area (Å²) in [6.45, 7) is 7.05. The summed E-state index contributed by atoms with van der Waals surface area (Å²) in [4.78, 5) is 54.0. The van der Waals surface area contributed by atoms with E-state index in [2.05, 4.69) is 10.6 Å². The van der Waals surface area contributed by atoms with Gasteiger partial charge in [-0.05, 0) is 38.3 Å². The van der Waals surface area contributed by atoms with Crippen LogP contribution in [0.25, 0.3) is 11.1 Å². The molecule has 4 amide bonds. The van der Waals surface area contributed by atoms with Gasteiger partial charge in [-0.25, -0.2) is 9.59 Å². The van der Waals surface area contributed by atoms with Gasteiger partial charge in [-0.1, -0.05) is 67.1 Å². The molecular weight excluding hydrogens is 490 g/mol. The fourth-order valence-electron chi connectivity index (χ4n) is 4.54. The third-order valence-electron chi connectivity index (χ3n) is 6.43. The Morgan fingerprint density at radius 1 is 1.03 bits per heavy atom. The van der Waals surface area contributed by atoms with Crippen LogP contribution in [0, 0.1) is 13.8 Å². The normalized spacial score (nSPS) is 17.0. The first kappa shape index (κ1) is 26.1. The third-order valence-corrected chi connectivity index (χ3v) is 7.45. The van der Waals surface area contributed by atoms with Crippen molar-refractivity contribution in [1.29, 1.82) is 0 Å². The summed E-state index contributed by atoms with van der Waals surface area (Å²) < 4.78 is 5.30. The summed E-state index contributed by atoms with van der Waals surface area (Å²) in [5.41, 5.74) is 2.27. The number of carbonyl (C=O) groups is 4.